The summed E-state index contributed by atoms with van der Waals surface area (Å²) in [5.41, 5.74) is 2.40. The fourth-order valence-electron chi connectivity index (χ4n) is 10.2. The lowest BCUT2D eigenvalue weighted by Crippen LogP contribution is -2.51. The Kier molecular flexibility index (Phi) is 7.93. The average molecular weight is 514 g/mol. The van der Waals surface area contributed by atoms with E-state index in [9.17, 15) is 9.90 Å². The van der Waals surface area contributed by atoms with Gasteiger partial charge in [-0.15, -0.1) is 0 Å². The van der Waals surface area contributed by atoms with E-state index < -0.39 is 6.10 Å². The molecular formula is C33H55NO3. The molecule has 1 saturated heterocycles. The third-order valence-corrected chi connectivity index (χ3v) is 12.3. The van der Waals surface area contributed by atoms with Crippen LogP contribution in [0.2, 0.25) is 0 Å². The number of hydrogen-bond acceptors (Lipinski definition) is 4. The van der Waals surface area contributed by atoms with Crippen LogP contribution < -0.4 is 0 Å². The summed E-state index contributed by atoms with van der Waals surface area (Å²) in [6, 6.07) is -0.285. The van der Waals surface area contributed by atoms with Crippen LogP contribution in [0.3, 0.4) is 0 Å². The van der Waals surface area contributed by atoms with Gasteiger partial charge in [0, 0.05) is 19.4 Å². The number of likely N-dealkylation sites (tertiary alicyclic amines) is 1. The number of fused-ring (bicyclic) bond motifs is 5. The van der Waals surface area contributed by atoms with Crippen molar-refractivity contribution in [2.45, 2.75) is 130 Å². The van der Waals surface area contributed by atoms with Gasteiger partial charge < -0.3 is 9.84 Å². The summed E-state index contributed by atoms with van der Waals surface area (Å²) in [4.78, 5) is 14.8. The van der Waals surface area contributed by atoms with Crippen molar-refractivity contribution < 1.29 is 14.6 Å². The van der Waals surface area contributed by atoms with Crippen LogP contribution in [-0.4, -0.2) is 47.8 Å². The number of nitrogens with zero attached hydrogens (tertiary/aromatic N) is 1. The molecule has 5 rings (SSSR count). The minimum atomic E-state index is -0.412. The lowest BCUT2D eigenvalue weighted by atomic mass is 9.47. The predicted octanol–water partition coefficient (Wildman–Crippen LogP) is 7.00. The molecule has 4 nitrogen and oxygen atoms in total. The summed E-state index contributed by atoms with van der Waals surface area (Å²) in [6.07, 6.45) is 16.9. The first-order chi connectivity index (χ1) is 17.5. The molecule has 4 aliphatic carbocycles. The molecule has 37 heavy (non-hydrogen) atoms. The zero-order valence-corrected chi connectivity index (χ0v) is 24.7. The molecule has 0 spiro atoms. The minimum absolute atomic E-state index is 0.00549. The van der Waals surface area contributed by atoms with E-state index in [1.165, 1.54) is 51.4 Å². The minimum Gasteiger partial charge on any atom is -0.461 e. The van der Waals surface area contributed by atoms with Crippen LogP contribution in [0.4, 0.5) is 0 Å². The number of rotatable bonds is 7. The van der Waals surface area contributed by atoms with Gasteiger partial charge in [0.1, 0.15) is 12.1 Å². The fraction of sp³-hybridized carbons (Fsp3) is 0.909. The first kappa shape index (κ1) is 27.7. The Morgan fingerprint density at radius 2 is 1.89 bits per heavy atom. The molecule has 0 aromatic heterocycles. The number of hydrogen-bond donors (Lipinski definition) is 1. The second kappa shape index (κ2) is 10.6. The van der Waals surface area contributed by atoms with Crippen molar-refractivity contribution in [3.05, 3.63) is 11.6 Å². The van der Waals surface area contributed by atoms with E-state index in [0.29, 0.717) is 18.4 Å². The first-order valence-corrected chi connectivity index (χ1v) is 15.8. The SMILES string of the molecule is CC(C)CCC[C@@H](C)[C@H]1CC[C@H]2[C@@H]3CC=C4CC(OC(=O)[C@H]5C[C@@H](O)CN5C)CC[C@]4(C)[C@H]3CC[C@]12C. The Labute approximate surface area is 227 Å². The molecule has 1 heterocycles. The number of carbonyl (C=O) groups is 1. The van der Waals surface area contributed by atoms with Gasteiger partial charge in [0.25, 0.3) is 0 Å². The number of carbonyl (C=O) groups excluding carboxylic acids is 1. The Bertz CT molecular complexity index is 868. The third kappa shape index (κ3) is 5.08. The fourth-order valence-corrected chi connectivity index (χ4v) is 10.2. The zero-order valence-electron chi connectivity index (χ0n) is 24.7. The summed E-state index contributed by atoms with van der Waals surface area (Å²) < 4.78 is 6.06. The van der Waals surface area contributed by atoms with Gasteiger partial charge in [0.15, 0.2) is 0 Å². The maximum absolute atomic E-state index is 12.9. The summed E-state index contributed by atoms with van der Waals surface area (Å²) in [5.74, 6) is 5.00. The van der Waals surface area contributed by atoms with Crippen LogP contribution in [0, 0.1) is 46.3 Å². The lowest BCUT2D eigenvalue weighted by Gasteiger charge is -2.58. The molecule has 0 aromatic carbocycles. The molecule has 210 valence electrons. The number of aliphatic hydroxyl groups excluding tert-OH is 1. The predicted molar refractivity (Wildman–Crippen MR) is 150 cm³/mol. The number of aliphatic hydroxyl groups is 1. The highest BCUT2D eigenvalue weighted by Gasteiger charge is 2.59. The number of β-amino-alcohol motifs (C(OH)–C–C–N with tert-alkyl or cyclic N) is 1. The van der Waals surface area contributed by atoms with Crippen LogP contribution in [0.15, 0.2) is 11.6 Å². The second-order valence-electron chi connectivity index (χ2n) is 14.9. The molecular weight excluding hydrogens is 458 g/mol. The Hall–Kier alpha value is -0.870. The molecule has 1 N–H and O–H groups in total. The Morgan fingerprint density at radius 3 is 2.59 bits per heavy atom. The van der Waals surface area contributed by atoms with Crippen molar-refractivity contribution in [3.8, 4) is 0 Å². The van der Waals surface area contributed by atoms with Gasteiger partial charge in [0.2, 0.25) is 0 Å². The number of esters is 1. The van der Waals surface area contributed by atoms with E-state index in [1.807, 2.05) is 11.9 Å². The standard InChI is InChI=1S/C33H55NO3/c1-21(2)8-7-9-22(3)27-12-13-28-26-11-10-23-18-25(37-31(36)30-19-24(35)20-34(30)6)14-16-32(23,4)29(26)15-17-33(27,28)5/h10,21-22,24-30,35H,7-9,11-20H2,1-6H3/t22-,24-,25?,26+,27-,28+,29+,30-,32+,33-/m1/s1. The van der Waals surface area contributed by atoms with Crippen molar-refractivity contribution in [1.29, 1.82) is 0 Å². The summed E-state index contributed by atoms with van der Waals surface area (Å²) in [5, 5.41) is 9.95. The molecule has 0 amide bonds. The van der Waals surface area contributed by atoms with E-state index in [0.717, 1.165) is 54.8 Å². The smallest absolute Gasteiger partial charge is 0.323 e. The second-order valence-corrected chi connectivity index (χ2v) is 14.9. The van der Waals surface area contributed by atoms with E-state index in [2.05, 4.69) is 40.7 Å². The van der Waals surface area contributed by atoms with Gasteiger partial charge in [-0.05, 0) is 98.3 Å². The summed E-state index contributed by atoms with van der Waals surface area (Å²) in [6.45, 7) is 13.1. The van der Waals surface area contributed by atoms with Crippen LogP contribution in [0.5, 0.6) is 0 Å². The van der Waals surface area contributed by atoms with Gasteiger partial charge in [-0.25, -0.2) is 0 Å². The number of likely N-dealkylation sites (N-methyl/N-ethyl adjacent to an activating group) is 1. The quantitative estimate of drug-likeness (QED) is 0.294. The van der Waals surface area contributed by atoms with Gasteiger partial charge in [-0.1, -0.05) is 65.5 Å². The van der Waals surface area contributed by atoms with Crippen LogP contribution >= 0.6 is 0 Å². The van der Waals surface area contributed by atoms with Gasteiger partial charge in [0.05, 0.1) is 6.10 Å². The van der Waals surface area contributed by atoms with Gasteiger partial charge in [-0.3, -0.25) is 9.69 Å². The van der Waals surface area contributed by atoms with E-state index in [4.69, 9.17) is 4.74 Å². The van der Waals surface area contributed by atoms with Crippen molar-refractivity contribution in [3.63, 3.8) is 0 Å². The zero-order chi connectivity index (χ0) is 26.5. The van der Waals surface area contributed by atoms with E-state index in [1.54, 1.807) is 5.57 Å². The molecule has 0 radical (unpaired) electrons. The van der Waals surface area contributed by atoms with Gasteiger partial charge >= 0.3 is 5.97 Å². The van der Waals surface area contributed by atoms with Crippen molar-refractivity contribution in [2.24, 2.45) is 46.3 Å². The number of ether oxygens (including phenoxy) is 1. The lowest BCUT2D eigenvalue weighted by molar-refractivity contribution is -0.156. The molecule has 1 aliphatic heterocycles. The molecule has 5 aliphatic rings. The van der Waals surface area contributed by atoms with Crippen LogP contribution in [-0.2, 0) is 9.53 Å². The van der Waals surface area contributed by atoms with Crippen LogP contribution in [0.25, 0.3) is 0 Å². The van der Waals surface area contributed by atoms with Gasteiger partial charge in [-0.2, -0.15) is 0 Å². The molecule has 4 heteroatoms. The normalized spacial score (nSPS) is 44.6. The third-order valence-electron chi connectivity index (χ3n) is 12.3. The highest BCUT2D eigenvalue weighted by molar-refractivity contribution is 5.76. The van der Waals surface area contributed by atoms with E-state index in [-0.39, 0.29) is 23.5 Å². The molecule has 4 fully saturated rings. The highest BCUT2D eigenvalue weighted by Crippen LogP contribution is 2.67. The molecule has 0 bridgehead atoms. The summed E-state index contributed by atoms with van der Waals surface area (Å²) in [7, 11) is 1.92. The summed E-state index contributed by atoms with van der Waals surface area (Å²) >= 11 is 0. The molecule has 0 aromatic rings. The van der Waals surface area contributed by atoms with Crippen LogP contribution in [0.1, 0.15) is 112 Å². The average Bonchev–Trinajstić information content (AvgIpc) is 3.37. The molecule has 3 saturated carbocycles. The highest BCUT2D eigenvalue weighted by atomic mass is 16.5. The molecule has 1 unspecified atom stereocenters. The monoisotopic (exact) mass is 513 g/mol. The maximum atomic E-state index is 12.9. The Balaban J connectivity index is 1.23. The van der Waals surface area contributed by atoms with Crippen molar-refractivity contribution in [1.82, 2.24) is 4.90 Å². The van der Waals surface area contributed by atoms with Crippen molar-refractivity contribution >= 4 is 5.97 Å². The molecule has 10 atom stereocenters. The maximum Gasteiger partial charge on any atom is 0.323 e. The van der Waals surface area contributed by atoms with E-state index >= 15 is 0 Å². The first-order valence-electron chi connectivity index (χ1n) is 15.8. The Morgan fingerprint density at radius 1 is 1.11 bits per heavy atom. The largest absolute Gasteiger partial charge is 0.461 e. The topological polar surface area (TPSA) is 49.8 Å². The van der Waals surface area contributed by atoms with Crippen molar-refractivity contribution in [2.75, 3.05) is 13.6 Å². The number of allylic oxidation sites excluding steroid dienone is 1.